The number of ketones is 1. The van der Waals surface area contributed by atoms with E-state index in [1.807, 2.05) is 0 Å². The first-order valence-corrected chi connectivity index (χ1v) is 12.9. The van der Waals surface area contributed by atoms with Crippen molar-refractivity contribution in [3.63, 3.8) is 0 Å². The normalized spacial score (nSPS) is 33.1. The second-order valence-corrected chi connectivity index (χ2v) is 10.7. The van der Waals surface area contributed by atoms with Crippen LogP contribution in [-0.2, 0) is 36.8 Å². The van der Waals surface area contributed by atoms with Gasteiger partial charge in [0.05, 0.1) is 12.7 Å². The number of aliphatic hydroxyl groups is 3. The molecular weight excluding hydrogens is 568 g/mol. The Hall–Kier alpha value is 0.410. The number of hydrogen-bond donors (Lipinski definition) is 4. The number of nitrogens with zero attached hydrogens (tertiary/aromatic N) is 2. The van der Waals surface area contributed by atoms with Crippen LogP contribution in [0.4, 0.5) is 0 Å². The van der Waals surface area contributed by atoms with E-state index in [2.05, 4.69) is 18.3 Å². The summed E-state index contributed by atoms with van der Waals surface area (Å²) in [7, 11) is -11.1. The number of carbonyl (C=O) groups is 1. The van der Waals surface area contributed by atoms with Crippen LogP contribution in [-0.4, -0.2) is 79.0 Å². The van der Waals surface area contributed by atoms with Crippen LogP contribution in [0, 0.1) is 6.92 Å². The number of Topliss-reactive ketones (excluding diaryl/α,β-unsaturated/α-hetero) is 1. The van der Waals surface area contributed by atoms with Gasteiger partial charge >= 0.3 is 72.6 Å². The molecule has 0 aliphatic carbocycles. The van der Waals surface area contributed by atoms with E-state index in [1.165, 1.54) is 6.92 Å². The molecule has 2 fully saturated rings. The molecule has 0 saturated carbocycles. The van der Waals surface area contributed by atoms with Crippen molar-refractivity contribution in [1.82, 2.24) is 9.55 Å². The van der Waals surface area contributed by atoms with Gasteiger partial charge in [-0.3, -0.25) is 18.5 Å². The van der Waals surface area contributed by atoms with Gasteiger partial charge in [-0.2, -0.15) is 0 Å². The Morgan fingerprint density at radius 2 is 1.84 bits per heavy atom. The maximum absolute atomic E-state index is 12.1. The fourth-order valence-electron chi connectivity index (χ4n) is 3.25. The van der Waals surface area contributed by atoms with Crippen molar-refractivity contribution < 1.29 is 126 Å². The maximum atomic E-state index is 12.1. The first-order valence-electron chi connectivity index (χ1n) is 9.94. The smallest absolute Gasteiger partial charge is 0.858 e. The molecule has 198 valence electrons. The molecule has 4 N–H and O–H groups in total. The minimum atomic E-state index is -5.61. The molecular formula is C16H22N2Na2O15P2. The van der Waals surface area contributed by atoms with E-state index in [-0.39, 0.29) is 71.1 Å². The third-order valence-corrected chi connectivity index (χ3v) is 7.64. The van der Waals surface area contributed by atoms with Gasteiger partial charge in [0.1, 0.15) is 30.6 Å². The Morgan fingerprint density at radius 3 is 2.46 bits per heavy atom. The van der Waals surface area contributed by atoms with Crippen LogP contribution in [0.25, 0.3) is 0 Å². The van der Waals surface area contributed by atoms with Crippen molar-refractivity contribution in [3.05, 3.63) is 22.2 Å². The van der Waals surface area contributed by atoms with Gasteiger partial charge in [-0.15, -0.1) is 0 Å². The summed E-state index contributed by atoms with van der Waals surface area (Å²) in [5.74, 6) is -1.68. The van der Waals surface area contributed by atoms with Crippen molar-refractivity contribution in [1.29, 1.82) is 0 Å². The molecule has 0 bridgehead atoms. The second-order valence-electron chi connectivity index (χ2n) is 7.73. The number of ether oxygens (including phenoxy) is 2. The molecule has 3 rings (SSSR count). The van der Waals surface area contributed by atoms with Crippen molar-refractivity contribution in [2.75, 3.05) is 6.61 Å². The molecule has 0 spiro atoms. The van der Waals surface area contributed by atoms with Gasteiger partial charge in [0.15, 0.2) is 12.1 Å². The molecule has 1 aromatic rings. The molecule has 9 atom stereocenters. The molecule has 21 heteroatoms. The van der Waals surface area contributed by atoms with Gasteiger partial charge in [0, 0.05) is 12.6 Å². The Bertz CT molecular complexity index is 1120. The van der Waals surface area contributed by atoms with Crippen LogP contribution in [0.2, 0.25) is 0 Å². The topological polar surface area (TPSA) is 259 Å². The molecule has 17 nitrogen and oxygen atoms in total. The third-order valence-electron chi connectivity index (χ3n) is 5.07. The fraction of sp³-hybridized carbons (Fsp3) is 0.688. The predicted octanol–water partition coefficient (Wildman–Crippen LogP) is -9.06. The predicted molar refractivity (Wildman–Crippen MR) is 104 cm³/mol. The number of hydrogen-bond acceptors (Lipinski definition) is 15. The van der Waals surface area contributed by atoms with Crippen molar-refractivity contribution in [2.45, 2.75) is 63.3 Å². The van der Waals surface area contributed by atoms with Crippen molar-refractivity contribution >= 4 is 21.4 Å². The maximum Gasteiger partial charge on any atom is 1.00 e. The third kappa shape index (κ3) is 8.95. The number of aromatic nitrogens is 2. The summed E-state index contributed by atoms with van der Waals surface area (Å²) in [5, 5.41) is 40.9. The van der Waals surface area contributed by atoms with E-state index in [4.69, 9.17) is 9.47 Å². The van der Waals surface area contributed by atoms with Gasteiger partial charge in [0.25, 0.3) is 7.82 Å². The van der Waals surface area contributed by atoms with Crippen LogP contribution < -0.4 is 74.8 Å². The van der Waals surface area contributed by atoms with Crippen molar-refractivity contribution in [3.8, 4) is 5.88 Å². The molecule has 37 heavy (non-hydrogen) atoms. The van der Waals surface area contributed by atoms with Crippen LogP contribution in [0.5, 0.6) is 5.88 Å². The average molecular weight is 590 g/mol. The number of phosphoric acid groups is 2. The summed E-state index contributed by atoms with van der Waals surface area (Å²) in [6, 6.07) is 0. The number of aryl methyl sites for hydroxylation is 1. The van der Waals surface area contributed by atoms with Crippen molar-refractivity contribution in [2.24, 2.45) is 0 Å². The largest absolute Gasteiger partial charge is 1.00 e. The van der Waals surface area contributed by atoms with E-state index in [1.54, 1.807) is 0 Å². The number of aliphatic hydroxyl groups excluding tert-OH is 3. The summed E-state index contributed by atoms with van der Waals surface area (Å²) >= 11 is 0. The molecule has 2 saturated heterocycles. The minimum Gasteiger partial charge on any atom is -0.858 e. The monoisotopic (exact) mass is 590 g/mol. The van der Waals surface area contributed by atoms with Gasteiger partial charge < -0.3 is 44.2 Å². The number of rotatable bonds is 8. The van der Waals surface area contributed by atoms with E-state index in [0.717, 1.165) is 17.7 Å². The van der Waals surface area contributed by atoms with E-state index in [0.29, 0.717) is 0 Å². The van der Waals surface area contributed by atoms with Gasteiger partial charge in [0.2, 0.25) is 0 Å². The zero-order valence-corrected chi connectivity index (χ0v) is 25.9. The summed E-state index contributed by atoms with van der Waals surface area (Å²) in [6.07, 6.45) is -10.4. The summed E-state index contributed by atoms with van der Waals surface area (Å²) in [5.41, 5.74) is -0.833. The van der Waals surface area contributed by atoms with E-state index < -0.39 is 82.6 Å². The number of carbonyl (C=O) groups excluding carboxylic acids is 1. The summed E-state index contributed by atoms with van der Waals surface area (Å²) in [6.45, 7) is 1.64. The molecule has 2 aliphatic rings. The van der Waals surface area contributed by atoms with Gasteiger partial charge in [-0.25, -0.2) is 18.7 Å². The Kier molecular flexibility index (Phi) is 13.3. The Morgan fingerprint density at radius 1 is 1.22 bits per heavy atom. The number of phosphoric ester groups is 2. The van der Waals surface area contributed by atoms with Gasteiger partial charge in [-0.1, -0.05) is 0 Å². The molecule has 0 amide bonds. The first-order chi connectivity index (χ1) is 16.1. The molecule has 0 aromatic carbocycles. The minimum absolute atomic E-state index is 0. The van der Waals surface area contributed by atoms with Gasteiger partial charge in [-0.05, 0) is 25.3 Å². The molecule has 0 radical (unpaired) electrons. The van der Waals surface area contributed by atoms with E-state index in [9.17, 15) is 48.9 Å². The molecule has 2 aliphatic heterocycles. The molecule has 1 aromatic heterocycles. The van der Waals surface area contributed by atoms with Crippen LogP contribution in [0.15, 0.2) is 11.0 Å². The zero-order valence-electron chi connectivity index (χ0n) is 20.1. The second kappa shape index (κ2) is 13.9. The van der Waals surface area contributed by atoms with Crippen LogP contribution >= 0.6 is 15.6 Å². The average Bonchev–Trinajstić information content (AvgIpc) is 3.11. The zero-order chi connectivity index (χ0) is 26.3. The molecule has 2 unspecified atom stereocenters. The Balaban J connectivity index is 0.00000342. The summed E-state index contributed by atoms with van der Waals surface area (Å²) < 4.78 is 48.2. The molecule has 3 heterocycles. The van der Waals surface area contributed by atoms with E-state index >= 15 is 0 Å². The SMILES string of the molecule is Cc1cn([C@H]2C[C@H](O)[C@@H](COP(=O)([O-])OP(=O)(O)O[C@H]3O[C@H](C)C(=O)[C@H](O)[C@H]3O)O2)c(=O)nc1[O-].[Na+].[Na+]. The summed E-state index contributed by atoms with van der Waals surface area (Å²) in [4.78, 5) is 48.5. The van der Waals surface area contributed by atoms with Crippen LogP contribution in [0.1, 0.15) is 25.1 Å². The first kappa shape index (κ1) is 35.4. The standard InChI is InChI=1S/C16H24N2O15P2.2Na/c1-6-4-18(16(24)17-14(6)23)10-3-8(19)9(31-10)5-29-34(25,26)33-35(27,28)32-15-13(22)12(21)11(20)7(2)30-15;;/h4,7-10,12-13,15,19,21-22H,3,5H2,1-2H3,(H,25,26)(H,27,28)(H,17,23,24);;/q;2*+1/p-2/t7-,8+,9-,10-,12+,13-,15-;;/m1../s1. The Labute approximate surface area is 253 Å². The quantitative estimate of drug-likeness (QED) is 0.162. The van der Waals surface area contributed by atoms with Crippen LogP contribution in [0.3, 0.4) is 0 Å². The fourth-order valence-corrected chi connectivity index (χ4v) is 5.37.